The maximum absolute atomic E-state index is 9.77. The van der Waals surface area contributed by atoms with Crippen LogP contribution in [0.15, 0.2) is 0 Å². The molecule has 1 heterocycles. The second kappa shape index (κ2) is 5.99. The van der Waals surface area contributed by atoms with Crippen LogP contribution in [0.5, 0.6) is 0 Å². The number of aliphatic hydroxyl groups excluding tert-OH is 1. The predicted octanol–water partition coefficient (Wildman–Crippen LogP) is 1.27. The summed E-state index contributed by atoms with van der Waals surface area (Å²) in [7, 11) is 0. The van der Waals surface area contributed by atoms with Crippen LogP contribution >= 0.6 is 0 Å². The van der Waals surface area contributed by atoms with Gasteiger partial charge in [-0.05, 0) is 51.5 Å². The number of aliphatic hydroxyl groups is 1. The molecule has 1 saturated carbocycles. The molecule has 0 aromatic heterocycles. The van der Waals surface area contributed by atoms with Crippen molar-refractivity contribution in [3.63, 3.8) is 0 Å². The van der Waals surface area contributed by atoms with Gasteiger partial charge in [0.1, 0.15) is 0 Å². The summed E-state index contributed by atoms with van der Waals surface area (Å²) in [6.45, 7) is 4.19. The normalized spacial score (nSPS) is 30.0. The minimum atomic E-state index is -0.109. The van der Waals surface area contributed by atoms with E-state index in [4.69, 9.17) is 0 Å². The fourth-order valence-corrected chi connectivity index (χ4v) is 2.60. The van der Waals surface area contributed by atoms with E-state index < -0.39 is 0 Å². The lowest BCUT2D eigenvalue weighted by atomic mass is 9.98. The van der Waals surface area contributed by atoms with Crippen LogP contribution < -0.4 is 10.6 Å². The number of nitrogens with one attached hydrogen (secondary N) is 2. The van der Waals surface area contributed by atoms with Crippen LogP contribution in [0.2, 0.25) is 0 Å². The monoisotopic (exact) mass is 226 g/mol. The maximum Gasteiger partial charge on any atom is 0.0692 e. The van der Waals surface area contributed by atoms with E-state index in [-0.39, 0.29) is 6.10 Å². The highest BCUT2D eigenvalue weighted by molar-refractivity contribution is 4.83. The molecule has 3 atom stereocenters. The molecule has 0 spiro atoms. The molecule has 0 aromatic carbocycles. The fourth-order valence-electron chi connectivity index (χ4n) is 2.60. The van der Waals surface area contributed by atoms with Crippen LogP contribution in [0, 0.1) is 5.92 Å². The lowest BCUT2D eigenvalue weighted by molar-refractivity contribution is 0.143. The minimum Gasteiger partial charge on any atom is -0.392 e. The Hall–Kier alpha value is -0.120. The summed E-state index contributed by atoms with van der Waals surface area (Å²) < 4.78 is 0. The largest absolute Gasteiger partial charge is 0.392 e. The van der Waals surface area contributed by atoms with Crippen molar-refractivity contribution in [3.8, 4) is 0 Å². The standard InChI is InChI=1S/C13H26N2O/c1-10(8-12-4-2-3-7-14-12)15-9-13(16)11-5-6-11/h10-16H,2-9H2,1H3. The van der Waals surface area contributed by atoms with Crippen molar-refractivity contribution in [2.45, 2.75) is 63.6 Å². The van der Waals surface area contributed by atoms with Crippen molar-refractivity contribution in [2.75, 3.05) is 13.1 Å². The zero-order valence-electron chi connectivity index (χ0n) is 10.4. The number of rotatable bonds is 6. The fraction of sp³-hybridized carbons (Fsp3) is 1.00. The van der Waals surface area contributed by atoms with Crippen molar-refractivity contribution in [1.29, 1.82) is 0 Å². The van der Waals surface area contributed by atoms with Gasteiger partial charge in [0.25, 0.3) is 0 Å². The molecule has 0 aromatic rings. The Morgan fingerprint density at radius 2 is 2.12 bits per heavy atom. The molecular formula is C13H26N2O. The maximum atomic E-state index is 9.77. The third-order valence-electron chi connectivity index (χ3n) is 3.89. The summed E-state index contributed by atoms with van der Waals surface area (Å²) in [5.41, 5.74) is 0. The SMILES string of the molecule is CC(CC1CCCCN1)NCC(O)C1CC1. The molecule has 2 rings (SSSR count). The van der Waals surface area contributed by atoms with Gasteiger partial charge in [-0.1, -0.05) is 6.42 Å². The second-order valence-electron chi connectivity index (χ2n) is 5.60. The first-order chi connectivity index (χ1) is 7.75. The average Bonchev–Trinajstić information content (AvgIpc) is 3.11. The summed E-state index contributed by atoms with van der Waals surface area (Å²) in [4.78, 5) is 0. The Balaban J connectivity index is 1.57. The third kappa shape index (κ3) is 4.04. The first-order valence-electron chi connectivity index (χ1n) is 6.90. The highest BCUT2D eigenvalue weighted by atomic mass is 16.3. The first kappa shape index (κ1) is 12.3. The van der Waals surface area contributed by atoms with Gasteiger partial charge in [0, 0.05) is 18.6 Å². The van der Waals surface area contributed by atoms with Gasteiger partial charge in [0.15, 0.2) is 0 Å². The summed E-state index contributed by atoms with van der Waals surface area (Å²) in [6, 6.07) is 1.21. The Labute approximate surface area is 99.0 Å². The molecule has 1 aliphatic heterocycles. The lowest BCUT2D eigenvalue weighted by Crippen LogP contribution is -2.42. The molecular weight excluding hydrogens is 200 g/mol. The topological polar surface area (TPSA) is 44.3 Å². The van der Waals surface area contributed by atoms with Crippen molar-refractivity contribution in [2.24, 2.45) is 5.92 Å². The summed E-state index contributed by atoms with van der Waals surface area (Å²) in [5.74, 6) is 0.590. The van der Waals surface area contributed by atoms with E-state index in [0.717, 1.165) is 6.54 Å². The average molecular weight is 226 g/mol. The zero-order valence-corrected chi connectivity index (χ0v) is 10.4. The number of piperidine rings is 1. The highest BCUT2D eigenvalue weighted by Gasteiger charge is 2.29. The second-order valence-corrected chi connectivity index (χ2v) is 5.60. The summed E-state index contributed by atoms with van der Waals surface area (Å²) >= 11 is 0. The van der Waals surface area contributed by atoms with Crippen LogP contribution in [0.1, 0.15) is 45.4 Å². The van der Waals surface area contributed by atoms with Gasteiger partial charge in [-0.2, -0.15) is 0 Å². The van der Waals surface area contributed by atoms with Crippen LogP contribution in [-0.2, 0) is 0 Å². The van der Waals surface area contributed by atoms with Gasteiger partial charge in [-0.15, -0.1) is 0 Å². The van der Waals surface area contributed by atoms with Gasteiger partial charge < -0.3 is 15.7 Å². The number of hydrogen-bond acceptors (Lipinski definition) is 3. The third-order valence-corrected chi connectivity index (χ3v) is 3.89. The zero-order chi connectivity index (χ0) is 11.4. The molecule has 1 saturated heterocycles. The molecule has 1 aliphatic carbocycles. The molecule has 0 amide bonds. The Morgan fingerprint density at radius 3 is 2.75 bits per heavy atom. The molecule has 94 valence electrons. The van der Waals surface area contributed by atoms with E-state index in [1.54, 1.807) is 0 Å². The van der Waals surface area contributed by atoms with Gasteiger partial charge in [0.05, 0.1) is 6.10 Å². The first-order valence-corrected chi connectivity index (χ1v) is 6.90. The van der Waals surface area contributed by atoms with E-state index >= 15 is 0 Å². The Morgan fingerprint density at radius 1 is 1.31 bits per heavy atom. The van der Waals surface area contributed by atoms with Crippen LogP contribution in [0.3, 0.4) is 0 Å². The number of hydrogen-bond donors (Lipinski definition) is 3. The van der Waals surface area contributed by atoms with E-state index in [2.05, 4.69) is 17.6 Å². The lowest BCUT2D eigenvalue weighted by Gasteiger charge is -2.27. The molecule has 0 radical (unpaired) electrons. The van der Waals surface area contributed by atoms with Crippen molar-refractivity contribution >= 4 is 0 Å². The van der Waals surface area contributed by atoms with Crippen LogP contribution in [-0.4, -0.2) is 36.4 Å². The molecule has 2 fully saturated rings. The van der Waals surface area contributed by atoms with E-state index in [1.165, 1.54) is 45.1 Å². The smallest absolute Gasteiger partial charge is 0.0692 e. The van der Waals surface area contributed by atoms with Crippen LogP contribution in [0.25, 0.3) is 0 Å². The molecule has 3 N–H and O–H groups in total. The highest BCUT2D eigenvalue weighted by Crippen LogP contribution is 2.32. The Kier molecular flexibility index (Phi) is 4.62. The molecule has 16 heavy (non-hydrogen) atoms. The van der Waals surface area contributed by atoms with Crippen LogP contribution in [0.4, 0.5) is 0 Å². The van der Waals surface area contributed by atoms with E-state index in [0.29, 0.717) is 18.0 Å². The molecule has 3 nitrogen and oxygen atoms in total. The summed E-state index contributed by atoms with van der Waals surface area (Å²) in [6.07, 6.45) is 7.55. The molecule has 3 unspecified atom stereocenters. The molecule has 0 bridgehead atoms. The van der Waals surface area contributed by atoms with Gasteiger partial charge >= 0.3 is 0 Å². The van der Waals surface area contributed by atoms with Crippen molar-refractivity contribution in [1.82, 2.24) is 10.6 Å². The van der Waals surface area contributed by atoms with E-state index in [9.17, 15) is 5.11 Å². The van der Waals surface area contributed by atoms with Gasteiger partial charge in [0.2, 0.25) is 0 Å². The minimum absolute atomic E-state index is 0.109. The van der Waals surface area contributed by atoms with Crippen molar-refractivity contribution in [3.05, 3.63) is 0 Å². The van der Waals surface area contributed by atoms with Gasteiger partial charge in [-0.25, -0.2) is 0 Å². The summed E-state index contributed by atoms with van der Waals surface area (Å²) in [5, 5.41) is 16.8. The van der Waals surface area contributed by atoms with E-state index in [1.807, 2.05) is 0 Å². The molecule has 2 aliphatic rings. The molecule has 3 heteroatoms. The van der Waals surface area contributed by atoms with Gasteiger partial charge in [-0.3, -0.25) is 0 Å². The Bertz CT molecular complexity index is 200. The predicted molar refractivity (Wildman–Crippen MR) is 66.5 cm³/mol. The van der Waals surface area contributed by atoms with Crippen molar-refractivity contribution < 1.29 is 5.11 Å². The quantitative estimate of drug-likeness (QED) is 0.639.